The molecule has 7 nitrogen and oxygen atoms in total. The lowest BCUT2D eigenvalue weighted by atomic mass is 9.99. The Kier molecular flexibility index (Phi) is 8.54. The molecule has 2 saturated heterocycles. The van der Waals surface area contributed by atoms with E-state index < -0.39 is 11.9 Å². The maximum atomic E-state index is 9.10. The summed E-state index contributed by atoms with van der Waals surface area (Å²) in [6.45, 7) is 6.24. The van der Waals surface area contributed by atoms with E-state index in [1.165, 1.54) is 63.8 Å². The van der Waals surface area contributed by atoms with Gasteiger partial charge in [0.25, 0.3) is 0 Å². The van der Waals surface area contributed by atoms with Crippen LogP contribution in [-0.2, 0) is 16.1 Å². The summed E-state index contributed by atoms with van der Waals surface area (Å²) in [7, 11) is 1.72. The topological polar surface area (TPSA) is 90.3 Å². The lowest BCUT2D eigenvalue weighted by Crippen LogP contribution is -2.46. The quantitative estimate of drug-likeness (QED) is 0.777. The van der Waals surface area contributed by atoms with Crippen LogP contribution in [0.25, 0.3) is 0 Å². The molecule has 2 fully saturated rings. The first-order valence-electron chi connectivity index (χ1n) is 9.55. The first-order chi connectivity index (χ1) is 13.0. The highest BCUT2D eigenvalue weighted by Crippen LogP contribution is 2.22. The molecule has 0 spiro atoms. The number of methoxy groups -OCH3 is 1. The summed E-state index contributed by atoms with van der Waals surface area (Å²) in [5.41, 5.74) is 1.40. The van der Waals surface area contributed by atoms with Crippen molar-refractivity contribution < 1.29 is 24.5 Å². The van der Waals surface area contributed by atoms with Crippen LogP contribution >= 0.6 is 0 Å². The molecule has 1 aromatic carbocycles. The fourth-order valence-electron chi connectivity index (χ4n) is 3.72. The molecule has 0 unspecified atom stereocenters. The van der Waals surface area contributed by atoms with Crippen molar-refractivity contribution in [2.75, 3.05) is 33.3 Å². The van der Waals surface area contributed by atoms with E-state index in [9.17, 15) is 0 Å². The highest BCUT2D eigenvalue weighted by Gasteiger charge is 2.25. The second-order valence-electron chi connectivity index (χ2n) is 7.06. The van der Waals surface area contributed by atoms with Crippen LogP contribution in [0.1, 0.15) is 37.7 Å². The summed E-state index contributed by atoms with van der Waals surface area (Å²) in [6.07, 6.45) is 6.94. The van der Waals surface area contributed by atoms with Crippen LogP contribution < -0.4 is 4.74 Å². The van der Waals surface area contributed by atoms with E-state index in [1.807, 2.05) is 0 Å². The number of rotatable bonds is 4. The van der Waals surface area contributed by atoms with E-state index in [-0.39, 0.29) is 0 Å². The Morgan fingerprint density at radius 2 is 1.52 bits per heavy atom. The Morgan fingerprint density at radius 1 is 0.963 bits per heavy atom. The third-order valence-electron chi connectivity index (χ3n) is 5.21. The number of aliphatic carboxylic acids is 2. The predicted octanol–water partition coefficient (Wildman–Crippen LogP) is 2.30. The lowest BCUT2D eigenvalue weighted by molar-refractivity contribution is -0.159. The fraction of sp³-hybridized carbons (Fsp3) is 0.600. The lowest BCUT2D eigenvalue weighted by Gasteiger charge is -2.40. The number of hydrogen-bond acceptors (Lipinski definition) is 5. The number of carboxylic acids is 2. The second kappa shape index (κ2) is 10.9. The number of benzene rings is 1. The number of carbonyl (C=O) groups is 2. The van der Waals surface area contributed by atoms with Crippen LogP contribution in [0.3, 0.4) is 0 Å². The van der Waals surface area contributed by atoms with E-state index in [2.05, 4.69) is 34.1 Å². The third-order valence-corrected chi connectivity index (χ3v) is 5.21. The minimum absolute atomic E-state index is 0.845. The predicted molar refractivity (Wildman–Crippen MR) is 102 cm³/mol. The van der Waals surface area contributed by atoms with Crippen LogP contribution in [0.4, 0.5) is 0 Å². The van der Waals surface area contributed by atoms with Gasteiger partial charge in [0.1, 0.15) is 5.75 Å². The maximum absolute atomic E-state index is 9.10. The highest BCUT2D eigenvalue weighted by molar-refractivity contribution is 6.27. The summed E-state index contributed by atoms with van der Waals surface area (Å²) >= 11 is 0. The Bertz CT molecular complexity index is 579. The average molecular weight is 378 g/mol. The van der Waals surface area contributed by atoms with Crippen molar-refractivity contribution in [3.63, 3.8) is 0 Å². The molecule has 0 amide bonds. The van der Waals surface area contributed by atoms with Gasteiger partial charge >= 0.3 is 11.9 Å². The van der Waals surface area contributed by atoms with Crippen molar-refractivity contribution in [1.29, 1.82) is 0 Å². The molecular weight excluding hydrogens is 348 g/mol. The molecule has 2 aliphatic rings. The van der Waals surface area contributed by atoms with Crippen molar-refractivity contribution in [1.82, 2.24) is 9.80 Å². The average Bonchev–Trinajstić information content (AvgIpc) is 2.70. The van der Waals surface area contributed by atoms with Gasteiger partial charge in [0, 0.05) is 12.6 Å². The SMILES string of the molecule is COc1ccc(CN2CCC(N3CCCCC3)CC2)cc1.O=C(O)C(=O)O. The zero-order chi connectivity index (χ0) is 19.6. The monoisotopic (exact) mass is 378 g/mol. The Morgan fingerprint density at radius 3 is 2.00 bits per heavy atom. The van der Waals surface area contributed by atoms with E-state index in [0.29, 0.717) is 0 Å². The largest absolute Gasteiger partial charge is 0.497 e. The van der Waals surface area contributed by atoms with Crippen molar-refractivity contribution in [2.24, 2.45) is 0 Å². The molecule has 150 valence electrons. The van der Waals surface area contributed by atoms with Gasteiger partial charge in [-0.25, -0.2) is 9.59 Å². The molecule has 7 heteroatoms. The molecule has 2 heterocycles. The van der Waals surface area contributed by atoms with Crippen LogP contribution in [-0.4, -0.2) is 71.3 Å². The Hall–Kier alpha value is -2.12. The van der Waals surface area contributed by atoms with Gasteiger partial charge in [-0.1, -0.05) is 18.6 Å². The zero-order valence-electron chi connectivity index (χ0n) is 16.0. The minimum atomic E-state index is -1.82. The van der Waals surface area contributed by atoms with Gasteiger partial charge in [-0.3, -0.25) is 4.90 Å². The molecule has 0 atom stereocenters. The van der Waals surface area contributed by atoms with Gasteiger partial charge in [0.05, 0.1) is 7.11 Å². The molecule has 2 aliphatic heterocycles. The maximum Gasteiger partial charge on any atom is 0.414 e. The van der Waals surface area contributed by atoms with E-state index >= 15 is 0 Å². The van der Waals surface area contributed by atoms with Crippen molar-refractivity contribution in [3.8, 4) is 5.75 Å². The number of nitrogens with zero attached hydrogens (tertiary/aromatic N) is 2. The van der Waals surface area contributed by atoms with Crippen LogP contribution in [0, 0.1) is 0 Å². The Labute approximate surface area is 160 Å². The third kappa shape index (κ3) is 7.19. The minimum Gasteiger partial charge on any atom is -0.497 e. The molecule has 1 aromatic rings. The summed E-state index contributed by atoms with van der Waals surface area (Å²) in [6, 6.07) is 9.36. The summed E-state index contributed by atoms with van der Waals surface area (Å²) in [5, 5.41) is 14.8. The molecule has 0 radical (unpaired) electrons. The smallest absolute Gasteiger partial charge is 0.414 e. The Balaban J connectivity index is 0.000000380. The van der Waals surface area contributed by atoms with E-state index in [1.54, 1.807) is 7.11 Å². The number of carboxylic acid groups (broad SMARTS) is 2. The zero-order valence-corrected chi connectivity index (χ0v) is 16.0. The van der Waals surface area contributed by atoms with E-state index in [4.69, 9.17) is 24.5 Å². The van der Waals surface area contributed by atoms with Crippen molar-refractivity contribution >= 4 is 11.9 Å². The summed E-state index contributed by atoms with van der Waals surface area (Å²) < 4.78 is 5.22. The van der Waals surface area contributed by atoms with Crippen LogP contribution in [0.15, 0.2) is 24.3 Å². The van der Waals surface area contributed by atoms with E-state index in [0.717, 1.165) is 18.3 Å². The molecule has 27 heavy (non-hydrogen) atoms. The van der Waals surface area contributed by atoms with Gasteiger partial charge in [0.2, 0.25) is 0 Å². The number of hydrogen-bond donors (Lipinski definition) is 2. The second-order valence-corrected chi connectivity index (χ2v) is 7.06. The fourth-order valence-corrected chi connectivity index (χ4v) is 3.72. The highest BCUT2D eigenvalue weighted by atomic mass is 16.5. The molecule has 0 saturated carbocycles. The van der Waals surface area contributed by atoms with Gasteiger partial charge in [-0.2, -0.15) is 0 Å². The van der Waals surface area contributed by atoms with Gasteiger partial charge in [-0.15, -0.1) is 0 Å². The van der Waals surface area contributed by atoms with Gasteiger partial charge in [-0.05, 0) is 69.6 Å². The number of likely N-dealkylation sites (tertiary alicyclic amines) is 2. The summed E-state index contributed by atoms with van der Waals surface area (Å²) in [5.74, 6) is -2.70. The molecule has 0 aliphatic carbocycles. The normalized spacial score (nSPS) is 19.0. The molecular formula is C20H30N2O5. The molecule has 2 N–H and O–H groups in total. The van der Waals surface area contributed by atoms with Gasteiger partial charge in [0.15, 0.2) is 0 Å². The first-order valence-corrected chi connectivity index (χ1v) is 9.55. The molecule has 0 bridgehead atoms. The standard InChI is InChI=1S/C18H28N2O.C2H2O4/c1-21-18-7-5-16(6-8-18)15-19-13-9-17(10-14-19)20-11-3-2-4-12-20;3-1(4)2(5)6/h5-8,17H,2-4,9-15H2,1H3;(H,3,4)(H,5,6). The first kappa shape index (κ1) is 21.2. The molecule has 0 aromatic heterocycles. The number of ether oxygens (including phenoxy) is 1. The van der Waals surface area contributed by atoms with Gasteiger partial charge < -0.3 is 19.8 Å². The summed E-state index contributed by atoms with van der Waals surface area (Å²) in [4.78, 5) is 23.5. The van der Waals surface area contributed by atoms with Crippen molar-refractivity contribution in [2.45, 2.75) is 44.7 Å². The number of piperidine rings is 2. The van der Waals surface area contributed by atoms with Crippen LogP contribution in [0.5, 0.6) is 5.75 Å². The molecule has 3 rings (SSSR count). The van der Waals surface area contributed by atoms with Crippen LogP contribution in [0.2, 0.25) is 0 Å². The van der Waals surface area contributed by atoms with Crippen molar-refractivity contribution in [3.05, 3.63) is 29.8 Å².